The third-order valence-electron chi connectivity index (χ3n) is 5.76. The van der Waals surface area contributed by atoms with Gasteiger partial charge in [-0.3, -0.25) is 4.79 Å². The van der Waals surface area contributed by atoms with Gasteiger partial charge >= 0.3 is 12.4 Å². The molecule has 1 fully saturated rings. The molecule has 4 rings (SSSR count). The maximum Gasteiger partial charge on any atom is 0.433 e. The molecule has 16 heteroatoms. The predicted molar refractivity (Wildman–Crippen MR) is 128 cm³/mol. The fourth-order valence-electron chi connectivity index (χ4n) is 3.72. The lowest BCUT2D eigenvalue weighted by atomic mass is 10.1. The first kappa shape index (κ1) is 28.2. The number of hydrogen-bond donors (Lipinski definition) is 1. The van der Waals surface area contributed by atoms with Crippen molar-refractivity contribution < 1.29 is 40.6 Å². The van der Waals surface area contributed by atoms with E-state index in [0.717, 1.165) is 12.1 Å². The van der Waals surface area contributed by atoms with Gasteiger partial charge in [0.05, 0.1) is 25.4 Å². The number of ether oxygens (including phenoxy) is 2. The minimum atomic E-state index is -5.14. The second kappa shape index (κ2) is 11.1. The number of likely N-dealkylation sites (N-methyl/N-ethyl adjacent to an activating group) is 1. The summed E-state index contributed by atoms with van der Waals surface area (Å²) in [6, 6.07) is 3.27. The molecule has 0 bridgehead atoms. The van der Waals surface area contributed by atoms with Gasteiger partial charge in [-0.25, -0.2) is 15.0 Å². The van der Waals surface area contributed by atoms with E-state index in [1.54, 1.807) is 11.9 Å². The molecular weight excluding hydrogens is 536 g/mol. The van der Waals surface area contributed by atoms with Gasteiger partial charge in [-0.2, -0.15) is 31.3 Å². The first-order chi connectivity index (χ1) is 18.4. The minimum absolute atomic E-state index is 0.0715. The number of methoxy groups -OCH3 is 1. The highest BCUT2D eigenvalue weighted by Crippen LogP contribution is 2.38. The lowest BCUT2D eigenvalue weighted by Gasteiger charge is -2.28. The number of carbonyl (C=O) groups excluding carboxylic acids is 1. The van der Waals surface area contributed by atoms with E-state index in [1.165, 1.54) is 13.2 Å². The summed E-state index contributed by atoms with van der Waals surface area (Å²) in [4.78, 5) is 32.5. The lowest BCUT2D eigenvalue weighted by molar-refractivity contribution is -0.144. The molecule has 1 aliphatic rings. The normalized spacial score (nSPS) is 14.5. The fraction of sp³-hybridized carbons (Fsp3) is 0.435. The molecule has 0 unspecified atom stereocenters. The number of pyridine rings is 2. The molecule has 1 N–H and O–H groups in total. The maximum atomic E-state index is 13.5. The van der Waals surface area contributed by atoms with Crippen molar-refractivity contribution in [1.29, 1.82) is 0 Å². The smallest absolute Gasteiger partial charge is 0.383 e. The van der Waals surface area contributed by atoms with E-state index < -0.39 is 40.6 Å². The number of morpholine rings is 1. The van der Waals surface area contributed by atoms with E-state index in [9.17, 15) is 31.1 Å². The Morgan fingerprint density at radius 3 is 2.41 bits per heavy atom. The molecule has 0 saturated carbocycles. The van der Waals surface area contributed by atoms with Gasteiger partial charge in [0.1, 0.15) is 23.0 Å². The summed E-state index contributed by atoms with van der Waals surface area (Å²) in [5.41, 5.74) is -4.22. The molecule has 3 aromatic rings. The Morgan fingerprint density at radius 1 is 1.05 bits per heavy atom. The van der Waals surface area contributed by atoms with Crippen LogP contribution in [0.25, 0.3) is 11.0 Å². The molecule has 1 amide bonds. The van der Waals surface area contributed by atoms with Crippen molar-refractivity contribution in [2.24, 2.45) is 0 Å². The van der Waals surface area contributed by atoms with Crippen molar-refractivity contribution in [2.45, 2.75) is 12.4 Å². The number of nitrogens with one attached hydrogen (secondary N) is 1. The largest absolute Gasteiger partial charge is 0.433 e. The fourth-order valence-corrected chi connectivity index (χ4v) is 3.72. The number of hydrogen-bond acceptors (Lipinski definition) is 9. The van der Waals surface area contributed by atoms with Crippen LogP contribution >= 0.6 is 0 Å². The van der Waals surface area contributed by atoms with Crippen LogP contribution in [0.4, 0.5) is 43.9 Å². The van der Waals surface area contributed by atoms with Gasteiger partial charge in [0, 0.05) is 45.2 Å². The number of aromatic nitrogens is 4. The molecule has 0 aliphatic carbocycles. The van der Waals surface area contributed by atoms with E-state index in [-0.39, 0.29) is 23.5 Å². The van der Waals surface area contributed by atoms with Crippen LogP contribution < -0.4 is 15.1 Å². The first-order valence-electron chi connectivity index (χ1n) is 11.6. The molecule has 39 heavy (non-hydrogen) atoms. The Bertz CT molecular complexity index is 1350. The Balaban J connectivity index is 1.69. The van der Waals surface area contributed by atoms with Gasteiger partial charge in [0.15, 0.2) is 5.65 Å². The Labute approximate surface area is 218 Å². The van der Waals surface area contributed by atoms with Crippen LogP contribution in [-0.2, 0) is 21.8 Å². The topological polar surface area (TPSA) is 106 Å². The lowest BCUT2D eigenvalue weighted by Crippen LogP contribution is -2.38. The van der Waals surface area contributed by atoms with Gasteiger partial charge in [0.2, 0.25) is 5.95 Å². The molecule has 0 atom stereocenters. The van der Waals surface area contributed by atoms with Gasteiger partial charge in [0.25, 0.3) is 5.91 Å². The molecule has 0 aromatic carbocycles. The average Bonchev–Trinajstić information content (AvgIpc) is 2.90. The number of carbonyl (C=O) groups is 1. The van der Waals surface area contributed by atoms with Crippen molar-refractivity contribution in [3.8, 4) is 0 Å². The van der Waals surface area contributed by atoms with Crippen LogP contribution in [0.1, 0.15) is 21.7 Å². The quantitative estimate of drug-likeness (QED) is 0.435. The van der Waals surface area contributed by atoms with Gasteiger partial charge in [-0.1, -0.05) is 0 Å². The monoisotopic (exact) mass is 559 g/mol. The summed E-state index contributed by atoms with van der Waals surface area (Å²) < 4.78 is 90.5. The number of fused-ring (bicyclic) bond motifs is 1. The number of alkyl halides is 6. The third kappa shape index (κ3) is 6.62. The molecule has 0 radical (unpaired) electrons. The van der Waals surface area contributed by atoms with Crippen molar-refractivity contribution in [3.63, 3.8) is 0 Å². The highest BCUT2D eigenvalue weighted by molar-refractivity contribution is 6.03. The molecule has 0 spiro atoms. The zero-order valence-corrected chi connectivity index (χ0v) is 20.7. The van der Waals surface area contributed by atoms with Crippen LogP contribution in [0, 0.1) is 0 Å². The van der Waals surface area contributed by atoms with E-state index in [0.29, 0.717) is 45.3 Å². The second-order valence-electron chi connectivity index (χ2n) is 8.50. The molecule has 210 valence electrons. The van der Waals surface area contributed by atoms with Gasteiger partial charge in [-0.05, 0) is 18.2 Å². The van der Waals surface area contributed by atoms with Crippen LogP contribution in [-0.4, -0.2) is 79.5 Å². The van der Waals surface area contributed by atoms with Crippen molar-refractivity contribution in [1.82, 2.24) is 19.9 Å². The van der Waals surface area contributed by atoms with Crippen LogP contribution in [0.2, 0.25) is 0 Å². The number of anilines is 3. The summed E-state index contributed by atoms with van der Waals surface area (Å²) in [6.45, 7) is 2.65. The summed E-state index contributed by atoms with van der Waals surface area (Å²) in [5, 5.41) is 1.73. The number of halogens is 6. The molecule has 1 aliphatic heterocycles. The van der Waals surface area contributed by atoms with E-state index in [4.69, 9.17) is 9.47 Å². The molecule has 3 aromatic heterocycles. The summed E-state index contributed by atoms with van der Waals surface area (Å²) >= 11 is 0. The Hall–Kier alpha value is -3.79. The van der Waals surface area contributed by atoms with Crippen LogP contribution in [0.3, 0.4) is 0 Å². The zero-order chi connectivity index (χ0) is 28.4. The standard InChI is InChI=1S/C23H23F6N7O3/c1-35(5-8-38-2)18-12-15(30-21(34-18)36-6-9-39-10-7-36)20(37)33-17-4-3-13-14(22(24,25)26)11-16(23(27,28)29)31-19(13)32-17/h3-4,11-12H,5-10H2,1-2H3,(H,31,32,33,37). The van der Waals surface area contributed by atoms with Crippen LogP contribution in [0.5, 0.6) is 0 Å². The Morgan fingerprint density at radius 2 is 1.77 bits per heavy atom. The SMILES string of the molecule is COCCN(C)c1cc(C(=O)Nc2ccc3c(C(F)(F)F)cc(C(F)(F)F)nc3n2)nc(N2CCOCC2)n1. The average molecular weight is 559 g/mol. The van der Waals surface area contributed by atoms with Crippen molar-refractivity contribution >= 4 is 34.5 Å². The first-order valence-corrected chi connectivity index (χ1v) is 11.6. The minimum Gasteiger partial charge on any atom is -0.383 e. The van der Waals surface area contributed by atoms with Crippen LogP contribution in [0.15, 0.2) is 24.3 Å². The molecule has 10 nitrogen and oxygen atoms in total. The summed E-state index contributed by atoms with van der Waals surface area (Å²) in [6.07, 6.45) is -10.2. The maximum absolute atomic E-state index is 13.5. The van der Waals surface area contributed by atoms with Gasteiger partial charge in [-0.15, -0.1) is 0 Å². The third-order valence-corrected chi connectivity index (χ3v) is 5.76. The number of nitrogens with zero attached hydrogens (tertiary/aromatic N) is 6. The summed E-state index contributed by atoms with van der Waals surface area (Å²) in [5.74, 6) is -0.467. The number of amides is 1. The zero-order valence-electron chi connectivity index (χ0n) is 20.7. The molecule has 1 saturated heterocycles. The van der Waals surface area contributed by atoms with Gasteiger partial charge < -0.3 is 24.6 Å². The highest BCUT2D eigenvalue weighted by Gasteiger charge is 2.39. The predicted octanol–water partition coefficient (Wildman–Crippen LogP) is 3.63. The Kier molecular flexibility index (Phi) is 8.06. The van der Waals surface area contributed by atoms with Crippen molar-refractivity contribution in [3.05, 3.63) is 41.2 Å². The number of rotatable bonds is 7. The van der Waals surface area contributed by atoms with E-state index in [2.05, 4.69) is 25.3 Å². The highest BCUT2D eigenvalue weighted by atomic mass is 19.4. The molecular formula is C23H23F6N7O3. The van der Waals surface area contributed by atoms with Crippen molar-refractivity contribution in [2.75, 3.05) is 68.7 Å². The molecule has 4 heterocycles. The van der Waals surface area contributed by atoms with E-state index >= 15 is 0 Å². The summed E-state index contributed by atoms with van der Waals surface area (Å²) in [7, 11) is 3.27. The second-order valence-corrected chi connectivity index (χ2v) is 8.50. The van der Waals surface area contributed by atoms with E-state index in [1.807, 2.05) is 4.90 Å².